The van der Waals surface area contributed by atoms with Gasteiger partial charge in [-0.3, -0.25) is 0 Å². The van der Waals surface area contributed by atoms with E-state index in [0.717, 1.165) is 20.6 Å². The van der Waals surface area contributed by atoms with Crippen molar-refractivity contribution < 1.29 is 0 Å². The second-order valence-corrected chi connectivity index (χ2v) is 5.74. The molecule has 0 heterocycles. The summed E-state index contributed by atoms with van der Waals surface area (Å²) in [6.07, 6.45) is 0.702. The van der Waals surface area contributed by atoms with Crippen LogP contribution in [-0.2, 0) is 6.42 Å². The quantitative estimate of drug-likeness (QED) is 0.833. The third-order valence-corrected chi connectivity index (χ3v) is 4.35. The van der Waals surface area contributed by atoms with E-state index in [0.29, 0.717) is 11.4 Å². The first kappa shape index (κ1) is 13.9. The van der Waals surface area contributed by atoms with E-state index in [2.05, 4.69) is 15.9 Å². The predicted molar refractivity (Wildman–Crippen MR) is 81.2 cm³/mol. The van der Waals surface area contributed by atoms with Gasteiger partial charge in [-0.2, -0.15) is 0 Å². The molecular weight excluding hydrogens is 333 g/mol. The van der Waals surface area contributed by atoms with Gasteiger partial charge < -0.3 is 5.73 Å². The molecule has 1 atom stereocenters. The lowest BCUT2D eigenvalue weighted by atomic mass is 10.00. The molecule has 0 saturated heterocycles. The minimum atomic E-state index is -0.0986. The molecule has 0 bridgehead atoms. The largest absolute Gasteiger partial charge is 0.324 e. The highest BCUT2D eigenvalue weighted by Crippen LogP contribution is 2.27. The highest BCUT2D eigenvalue weighted by molar-refractivity contribution is 9.10. The van der Waals surface area contributed by atoms with E-state index in [1.807, 2.05) is 42.5 Å². The van der Waals surface area contributed by atoms with Gasteiger partial charge in [0.15, 0.2) is 0 Å². The van der Waals surface area contributed by atoms with Crippen molar-refractivity contribution in [1.29, 1.82) is 0 Å². The lowest BCUT2D eigenvalue weighted by molar-refractivity contribution is 0.721. The van der Waals surface area contributed by atoms with E-state index in [4.69, 9.17) is 28.9 Å². The lowest BCUT2D eigenvalue weighted by Gasteiger charge is -2.14. The first-order chi connectivity index (χ1) is 8.58. The second kappa shape index (κ2) is 6.07. The molecule has 0 amide bonds. The zero-order valence-corrected chi connectivity index (χ0v) is 12.6. The van der Waals surface area contributed by atoms with Crippen LogP contribution >= 0.6 is 39.1 Å². The Bertz CT molecular complexity index is 557. The zero-order valence-electron chi connectivity index (χ0n) is 9.54. The van der Waals surface area contributed by atoms with Crippen molar-refractivity contribution >= 4 is 39.1 Å². The van der Waals surface area contributed by atoms with Crippen LogP contribution in [0.4, 0.5) is 0 Å². The fraction of sp³-hybridized carbons (Fsp3) is 0.143. The fourth-order valence-corrected chi connectivity index (χ4v) is 2.49. The van der Waals surface area contributed by atoms with E-state index in [9.17, 15) is 0 Å². The molecule has 0 aliphatic carbocycles. The topological polar surface area (TPSA) is 26.0 Å². The number of rotatable bonds is 3. The number of hydrogen-bond donors (Lipinski definition) is 1. The number of benzene rings is 2. The Hall–Kier alpha value is -0.540. The van der Waals surface area contributed by atoms with Crippen molar-refractivity contribution in [2.45, 2.75) is 12.5 Å². The Morgan fingerprint density at radius 3 is 2.44 bits per heavy atom. The molecule has 0 spiro atoms. The van der Waals surface area contributed by atoms with Gasteiger partial charge in [0.25, 0.3) is 0 Å². The maximum absolute atomic E-state index is 6.19. The molecule has 0 aliphatic heterocycles. The molecule has 0 aromatic heterocycles. The van der Waals surface area contributed by atoms with Crippen LogP contribution < -0.4 is 5.73 Å². The van der Waals surface area contributed by atoms with Crippen LogP contribution in [0.15, 0.2) is 46.9 Å². The highest BCUT2D eigenvalue weighted by atomic mass is 79.9. The van der Waals surface area contributed by atoms with Gasteiger partial charge in [0.1, 0.15) is 0 Å². The van der Waals surface area contributed by atoms with Gasteiger partial charge in [-0.1, -0.05) is 47.5 Å². The van der Waals surface area contributed by atoms with Crippen molar-refractivity contribution in [3.63, 3.8) is 0 Å². The number of hydrogen-bond acceptors (Lipinski definition) is 1. The summed E-state index contributed by atoms with van der Waals surface area (Å²) in [7, 11) is 0. The molecule has 0 saturated carbocycles. The molecule has 0 fully saturated rings. The molecule has 18 heavy (non-hydrogen) atoms. The molecule has 4 heteroatoms. The molecule has 2 N–H and O–H groups in total. The molecule has 94 valence electrons. The van der Waals surface area contributed by atoms with Crippen molar-refractivity contribution in [1.82, 2.24) is 0 Å². The number of nitrogens with two attached hydrogens (primary N) is 1. The maximum Gasteiger partial charge on any atom is 0.0548 e. The summed E-state index contributed by atoms with van der Waals surface area (Å²) in [5.41, 5.74) is 8.28. The van der Waals surface area contributed by atoms with Gasteiger partial charge in [0.05, 0.1) is 5.02 Å². The van der Waals surface area contributed by atoms with Crippen molar-refractivity contribution in [3.05, 3.63) is 68.1 Å². The summed E-state index contributed by atoms with van der Waals surface area (Å²) in [6.45, 7) is 0. The molecule has 1 nitrogen and oxygen atoms in total. The lowest BCUT2D eigenvalue weighted by Crippen LogP contribution is -2.13. The molecule has 0 aliphatic rings. The van der Waals surface area contributed by atoms with Gasteiger partial charge in [-0.25, -0.2) is 0 Å². The fourth-order valence-electron chi connectivity index (χ4n) is 1.76. The summed E-state index contributed by atoms with van der Waals surface area (Å²) >= 11 is 15.5. The SMILES string of the molecule is NC(Cc1ccccc1Cl)c1ccc(Cl)c(Br)c1. The van der Waals surface area contributed by atoms with Crippen LogP contribution in [0.2, 0.25) is 10.0 Å². The zero-order chi connectivity index (χ0) is 13.1. The average molecular weight is 345 g/mol. The summed E-state index contributed by atoms with van der Waals surface area (Å²) < 4.78 is 0.858. The Morgan fingerprint density at radius 1 is 1.06 bits per heavy atom. The number of halogens is 3. The second-order valence-electron chi connectivity index (χ2n) is 4.08. The van der Waals surface area contributed by atoms with Crippen molar-refractivity contribution in [2.75, 3.05) is 0 Å². The van der Waals surface area contributed by atoms with Crippen molar-refractivity contribution in [3.8, 4) is 0 Å². The maximum atomic E-state index is 6.19. The van der Waals surface area contributed by atoms with Crippen LogP contribution in [0.5, 0.6) is 0 Å². The first-order valence-corrected chi connectivity index (χ1v) is 7.07. The van der Waals surface area contributed by atoms with Gasteiger partial charge in [-0.15, -0.1) is 0 Å². The molecule has 0 radical (unpaired) electrons. The monoisotopic (exact) mass is 343 g/mol. The first-order valence-electron chi connectivity index (χ1n) is 5.52. The summed E-state index contributed by atoms with van der Waals surface area (Å²) in [4.78, 5) is 0. The van der Waals surface area contributed by atoms with Crippen LogP contribution in [0, 0.1) is 0 Å². The van der Waals surface area contributed by atoms with Crippen LogP contribution in [0.25, 0.3) is 0 Å². The van der Waals surface area contributed by atoms with E-state index in [1.165, 1.54) is 0 Å². The minimum absolute atomic E-state index is 0.0986. The van der Waals surface area contributed by atoms with E-state index < -0.39 is 0 Å². The van der Waals surface area contributed by atoms with Crippen LogP contribution in [0.3, 0.4) is 0 Å². The predicted octanol–water partition coefficient (Wildman–Crippen LogP) is 5.00. The molecular formula is C14H12BrCl2N. The minimum Gasteiger partial charge on any atom is -0.324 e. The third-order valence-electron chi connectivity index (χ3n) is 2.77. The standard InChI is InChI=1S/C14H12BrCl2N/c15-11-7-10(5-6-13(11)17)14(18)8-9-3-1-2-4-12(9)16/h1-7,14H,8,18H2. The Balaban J connectivity index is 2.19. The Kier molecular flexibility index (Phi) is 4.68. The van der Waals surface area contributed by atoms with E-state index in [1.54, 1.807) is 0 Å². The smallest absolute Gasteiger partial charge is 0.0548 e. The van der Waals surface area contributed by atoms with Crippen molar-refractivity contribution in [2.24, 2.45) is 5.73 Å². The summed E-state index contributed by atoms with van der Waals surface area (Å²) in [6, 6.07) is 13.4. The highest BCUT2D eigenvalue weighted by Gasteiger charge is 2.10. The average Bonchev–Trinajstić information content (AvgIpc) is 2.35. The molecule has 2 aromatic rings. The third kappa shape index (κ3) is 3.27. The molecule has 1 unspecified atom stereocenters. The van der Waals surface area contributed by atoms with E-state index in [-0.39, 0.29) is 6.04 Å². The Morgan fingerprint density at radius 2 is 1.78 bits per heavy atom. The van der Waals surface area contributed by atoms with Gasteiger partial charge in [-0.05, 0) is 51.7 Å². The van der Waals surface area contributed by atoms with E-state index >= 15 is 0 Å². The van der Waals surface area contributed by atoms with Gasteiger partial charge in [0.2, 0.25) is 0 Å². The van der Waals surface area contributed by atoms with Gasteiger partial charge in [0, 0.05) is 15.5 Å². The van der Waals surface area contributed by atoms with Crippen LogP contribution in [0.1, 0.15) is 17.2 Å². The normalized spacial score (nSPS) is 12.4. The molecule has 2 rings (SSSR count). The Labute approximate surface area is 125 Å². The summed E-state index contributed by atoms with van der Waals surface area (Å²) in [5.74, 6) is 0. The molecule has 2 aromatic carbocycles. The summed E-state index contributed by atoms with van der Waals surface area (Å²) in [5, 5.41) is 1.43. The van der Waals surface area contributed by atoms with Crippen LogP contribution in [-0.4, -0.2) is 0 Å². The van der Waals surface area contributed by atoms with Gasteiger partial charge >= 0.3 is 0 Å².